The molecule has 132 valence electrons. The van der Waals surface area contributed by atoms with Crippen molar-refractivity contribution >= 4 is 27.5 Å². The summed E-state index contributed by atoms with van der Waals surface area (Å²) in [6, 6.07) is 3.38. The molecule has 1 aliphatic rings. The van der Waals surface area contributed by atoms with Gasteiger partial charge in [-0.1, -0.05) is 0 Å². The number of rotatable bonds is 5. The summed E-state index contributed by atoms with van der Waals surface area (Å²) in [6.45, 7) is 1.18. The van der Waals surface area contributed by atoms with Crippen LogP contribution in [-0.2, 0) is 10.0 Å². The van der Waals surface area contributed by atoms with Gasteiger partial charge in [0.25, 0.3) is 5.69 Å². The largest absolute Gasteiger partial charge is 0.465 e. The van der Waals surface area contributed by atoms with E-state index in [2.05, 4.69) is 5.32 Å². The molecule has 2 rings (SSSR count). The van der Waals surface area contributed by atoms with E-state index in [-0.39, 0.29) is 16.5 Å². The molecule has 0 aromatic heterocycles. The number of carbonyl (C=O) groups is 1. The lowest BCUT2D eigenvalue weighted by Crippen LogP contribution is -2.41. The number of nitro benzene ring substituents is 1. The lowest BCUT2D eigenvalue weighted by Gasteiger charge is -2.30. The van der Waals surface area contributed by atoms with Crippen molar-refractivity contribution in [2.24, 2.45) is 11.1 Å². The van der Waals surface area contributed by atoms with Gasteiger partial charge in [-0.3, -0.25) is 10.1 Å². The van der Waals surface area contributed by atoms with Crippen LogP contribution in [0.1, 0.15) is 12.8 Å². The zero-order valence-corrected chi connectivity index (χ0v) is 13.5. The maximum absolute atomic E-state index is 11.3. The van der Waals surface area contributed by atoms with Crippen molar-refractivity contribution < 1.29 is 23.2 Å². The normalized spacial score (nSPS) is 18.2. The highest BCUT2D eigenvalue weighted by Gasteiger charge is 2.24. The van der Waals surface area contributed by atoms with E-state index in [4.69, 9.17) is 10.2 Å². The second-order valence-corrected chi connectivity index (χ2v) is 7.16. The fourth-order valence-corrected chi connectivity index (χ4v) is 3.18. The minimum Gasteiger partial charge on any atom is -0.465 e. The van der Waals surface area contributed by atoms with Crippen LogP contribution in [0, 0.1) is 16.0 Å². The highest BCUT2D eigenvalue weighted by molar-refractivity contribution is 7.89. The van der Waals surface area contributed by atoms with Crippen LogP contribution >= 0.6 is 0 Å². The summed E-state index contributed by atoms with van der Waals surface area (Å²) < 4.78 is 22.6. The third-order valence-electron chi connectivity index (χ3n) is 3.87. The summed E-state index contributed by atoms with van der Waals surface area (Å²) in [7, 11) is -4.03. The first kappa shape index (κ1) is 17.9. The molecule has 0 radical (unpaired) electrons. The molecular weight excluding hydrogens is 340 g/mol. The number of sulfonamides is 1. The number of nitro groups is 1. The van der Waals surface area contributed by atoms with Crippen LogP contribution in [0.4, 0.5) is 16.2 Å². The van der Waals surface area contributed by atoms with E-state index < -0.39 is 26.7 Å². The average Bonchev–Trinajstić information content (AvgIpc) is 2.52. The summed E-state index contributed by atoms with van der Waals surface area (Å²) >= 11 is 0. The van der Waals surface area contributed by atoms with Crippen LogP contribution in [0.2, 0.25) is 0 Å². The minimum absolute atomic E-state index is 0.0207. The first-order valence-corrected chi connectivity index (χ1v) is 8.76. The Morgan fingerprint density at radius 1 is 1.50 bits per heavy atom. The smallest absolute Gasteiger partial charge is 0.407 e. The number of carboxylic acid groups (broad SMARTS) is 1. The van der Waals surface area contributed by atoms with Gasteiger partial charge < -0.3 is 15.3 Å². The van der Waals surface area contributed by atoms with Gasteiger partial charge in [0.1, 0.15) is 5.69 Å². The molecule has 11 heteroatoms. The Hall–Kier alpha value is -2.40. The molecule has 0 bridgehead atoms. The molecule has 1 atom stereocenters. The minimum atomic E-state index is -4.03. The Kier molecular flexibility index (Phi) is 5.24. The monoisotopic (exact) mass is 358 g/mol. The number of benzene rings is 1. The van der Waals surface area contributed by atoms with Crippen LogP contribution < -0.4 is 10.5 Å². The molecule has 4 N–H and O–H groups in total. The number of anilines is 1. The van der Waals surface area contributed by atoms with Crippen molar-refractivity contribution in [2.45, 2.75) is 17.7 Å². The van der Waals surface area contributed by atoms with Gasteiger partial charge in [-0.15, -0.1) is 0 Å². The number of primary sulfonamides is 1. The molecule has 0 aliphatic carbocycles. The van der Waals surface area contributed by atoms with Crippen LogP contribution in [0.5, 0.6) is 0 Å². The maximum Gasteiger partial charge on any atom is 0.407 e. The number of amides is 1. The van der Waals surface area contributed by atoms with E-state index in [1.165, 1.54) is 17.0 Å². The molecular formula is C13H18N4O6S. The second kappa shape index (κ2) is 7.01. The Morgan fingerprint density at radius 3 is 2.79 bits per heavy atom. The predicted molar refractivity (Wildman–Crippen MR) is 85.3 cm³/mol. The molecule has 1 aliphatic heterocycles. The number of nitrogens with two attached hydrogens (primary N) is 1. The second-order valence-electron chi connectivity index (χ2n) is 5.60. The third kappa shape index (κ3) is 4.32. The summed E-state index contributed by atoms with van der Waals surface area (Å²) in [5.41, 5.74) is -0.229. The molecule has 1 fully saturated rings. The average molecular weight is 358 g/mol. The molecule has 1 saturated heterocycles. The number of nitrogens with zero attached hydrogens (tertiary/aromatic N) is 2. The quantitative estimate of drug-likeness (QED) is 0.524. The molecule has 1 aromatic rings. The zero-order chi connectivity index (χ0) is 17.9. The fourth-order valence-electron chi connectivity index (χ4n) is 2.65. The van der Waals surface area contributed by atoms with Crippen molar-refractivity contribution in [3.8, 4) is 0 Å². The van der Waals surface area contributed by atoms with Gasteiger partial charge in [0.2, 0.25) is 10.0 Å². The number of hydrogen-bond donors (Lipinski definition) is 3. The molecule has 0 saturated carbocycles. The molecule has 1 amide bonds. The number of likely N-dealkylation sites (tertiary alicyclic amines) is 1. The summed E-state index contributed by atoms with van der Waals surface area (Å²) in [6.07, 6.45) is 0.550. The Morgan fingerprint density at radius 2 is 2.21 bits per heavy atom. The van der Waals surface area contributed by atoms with Crippen molar-refractivity contribution in [3.63, 3.8) is 0 Å². The first-order chi connectivity index (χ1) is 11.2. The van der Waals surface area contributed by atoms with Crippen LogP contribution in [0.3, 0.4) is 0 Å². The summed E-state index contributed by atoms with van der Waals surface area (Å²) in [5.74, 6) is 0.0207. The van der Waals surface area contributed by atoms with Gasteiger partial charge in [-0.05, 0) is 30.9 Å². The van der Waals surface area contributed by atoms with E-state index in [1.54, 1.807) is 0 Å². The van der Waals surface area contributed by atoms with E-state index in [0.29, 0.717) is 19.6 Å². The first-order valence-electron chi connectivity index (χ1n) is 7.21. The van der Waals surface area contributed by atoms with E-state index in [1.807, 2.05) is 0 Å². The van der Waals surface area contributed by atoms with Crippen molar-refractivity contribution in [3.05, 3.63) is 28.3 Å². The third-order valence-corrected chi connectivity index (χ3v) is 4.78. The zero-order valence-electron chi connectivity index (χ0n) is 12.7. The van der Waals surface area contributed by atoms with E-state index >= 15 is 0 Å². The Balaban J connectivity index is 2.12. The number of piperidine rings is 1. The van der Waals surface area contributed by atoms with Crippen LogP contribution in [-0.4, -0.2) is 49.1 Å². The van der Waals surface area contributed by atoms with Gasteiger partial charge >= 0.3 is 6.09 Å². The van der Waals surface area contributed by atoms with Gasteiger partial charge in [0.05, 0.1) is 9.82 Å². The fraction of sp³-hybridized carbons (Fsp3) is 0.462. The van der Waals surface area contributed by atoms with Gasteiger partial charge in [0.15, 0.2) is 0 Å². The van der Waals surface area contributed by atoms with E-state index in [9.17, 15) is 23.3 Å². The van der Waals surface area contributed by atoms with E-state index in [0.717, 1.165) is 18.9 Å². The maximum atomic E-state index is 11.3. The summed E-state index contributed by atoms with van der Waals surface area (Å²) in [5, 5.41) is 28.0. The van der Waals surface area contributed by atoms with Crippen LogP contribution in [0.15, 0.2) is 23.1 Å². The molecule has 10 nitrogen and oxygen atoms in total. The molecule has 0 spiro atoms. The molecule has 1 aromatic carbocycles. The molecule has 1 heterocycles. The summed E-state index contributed by atoms with van der Waals surface area (Å²) in [4.78, 5) is 22.4. The predicted octanol–water partition coefficient (Wildman–Crippen LogP) is 1.04. The molecule has 24 heavy (non-hydrogen) atoms. The van der Waals surface area contributed by atoms with Gasteiger partial charge in [0, 0.05) is 25.7 Å². The number of hydrogen-bond acceptors (Lipinski definition) is 6. The van der Waals surface area contributed by atoms with Gasteiger partial charge in [-0.2, -0.15) is 0 Å². The highest BCUT2D eigenvalue weighted by atomic mass is 32.2. The topological polar surface area (TPSA) is 156 Å². The SMILES string of the molecule is NS(=O)(=O)c1ccc(NCC2CCCN(C(=O)O)C2)c([N+](=O)[O-])c1. The van der Waals surface area contributed by atoms with Crippen molar-refractivity contribution in [1.29, 1.82) is 0 Å². The van der Waals surface area contributed by atoms with Gasteiger partial charge in [-0.25, -0.2) is 18.4 Å². The number of nitrogens with one attached hydrogen (secondary N) is 1. The van der Waals surface area contributed by atoms with Crippen LogP contribution in [0.25, 0.3) is 0 Å². The Bertz CT molecular complexity index is 751. The lowest BCUT2D eigenvalue weighted by atomic mass is 9.98. The molecule has 1 unspecified atom stereocenters. The lowest BCUT2D eigenvalue weighted by molar-refractivity contribution is -0.384. The standard InChI is InChI=1S/C13H18N4O6S/c14-24(22,23)10-3-4-11(12(6-10)17(20)21)15-7-9-2-1-5-16(8-9)13(18)19/h3-4,6,9,15H,1-2,5,7-8H2,(H,18,19)(H2,14,22,23). The Labute approximate surface area is 138 Å². The van der Waals surface area contributed by atoms with Crippen molar-refractivity contribution in [1.82, 2.24) is 4.90 Å². The highest BCUT2D eigenvalue weighted by Crippen LogP contribution is 2.28. The van der Waals surface area contributed by atoms with Crippen molar-refractivity contribution in [2.75, 3.05) is 25.0 Å².